The van der Waals surface area contributed by atoms with Gasteiger partial charge in [-0.2, -0.15) is 5.10 Å². The summed E-state index contributed by atoms with van der Waals surface area (Å²) in [6, 6.07) is 7.62. The standard InChI is InChI=1S/C13H13ClN2O/c1-9-12(13(8-17)15-16(9)2)7-10-3-5-11(14)6-4-10/h3-6,8H,7H2,1-2H3. The monoisotopic (exact) mass is 248 g/mol. The van der Waals surface area contributed by atoms with E-state index in [-0.39, 0.29) is 0 Å². The van der Waals surface area contributed by atoms with Crippen molar-refractivity contribution in [2.24, 2.45) is 7.05 Å². The van der Waals surface area contributed by atoms with Crippen molar-refractivity contribution in [2.75, 3.05) is 0 Å². The van der Waals surface area contributed by atoms with Crippen LogP contribution < -0.4 is 0 Å². The number of halogens is 1. The number of carbonyl (C=O) groups is 1. The topological polar surface area (TPSA) is 34.9 Å². The van der Waals surface area contributed by atoms with Gasteiger partial charge in [-0.05, 0) is 24.6 Å². The Labute approximate surface area is 105 Å². The molecule has 0 spiro atoms. The van der Waals surface area contributed by atoms with E-state index in [0.29, 0.717) is 17.1 Å². The quantitative estimate of drug-likeness (QED) is 0.783. The van der Waals surface area contributed by atoms with E-state index < -0.39 is 0 Å². The fourth-order valence-electron chi connectivity index (χ4n) is 1.80. The van der Waals surface area contributed by atoms with Crippen LogP contribution in [0.25, 0.3) is 0 Å². The van der Waals surface area contributed by atoms with Gasteiger partial charge in [-0.25, -0.2) is 0 Å². The highest BCUT2D eigenvalue weighted by Crippen LogP contribution is 2.18. The van der Waals surface area contributed by atoms with E-state index >= 15 is 0 Å². The molecule has 0 N–H and O–H groups in total. The number of nitrogens with zero attached hydrogens (tertiary/aromatic N) is 2. The number of aryl methyl sites for hydroxylation is 1. The lowest BCUT2D eigenvalue weighted by atomic mass is 10.0. The molecule has 3 nitrogen and oxygen atoms in total. The van der Waals surface area contributed by atoms with Gasteiger partial charge in [0.05, 0.1) is 0 Å². The molecule has 1 aromatic carbocycles. The van der Waals surface area contributed by atoms with Gasteiger partial charge in [0.25, 0.3) is 0 Å². The third-order valence-electron chi connectivity index (χ3n) is 2.89. The second-order valence-electron chi connectivity index (χ2n) is 3.99. The Bertz CT molecular complexity index is 543. The zero-order valence-electron chi connectivity index (χ0n) is 9.77. The Morgan fingerprint density at radius 2 is 2.00 bits per heavy atom. The number of carbonyl (C=O) groups excluding carboxylic acids is 1. The maximum Gasteiger partial charge on any atom is 0.170 e. The largest absolute Gasteiger partial charge is 0.296 e. The highest BCUT2D eigenvalue weighted by atomic mass is 35.5. The molecule has 0 bridgehead atoms. The molecule has 2 rings (SSSR count). The Morgan fingerprint density at radius 3 is 2.59 bits per heavy atom. The molecule has 0 radical (unpaired) electrons. The summed E-state index contributed by atoms with van der Waals surface area (Å²) in [5.41, 5.74) is 3.63. The van der Waals surface area contributed by atoms with Gasteiger partial charge in [0.1, 0.15) is 5.69 Å². The molecule has 0 aliphatic rings. The molecule has 0 amide bonds. The minimum atomic E-state index is 0.514. The third kappa shape index (κ3) is 2.39. The number of hydrogen-bond donors (Lipinski definition) is 0. The van der Waals surface area contributed by atoms with Crippen LogP contribution in [0.5, 0.6) is 0 Å². The highest BCUT2D eigenvalue weighted by molar-refractivity contribution is 6.30. The van der Waals surface area contributed by atoms with Crippen molar-refractivity contribution in [1.29, 1.82) is 0 Å². The fraction of sp³-hybridized carbons (Fsp3) is 0.231. The van der Waals surface area contributed by atoms with Crippen molar-refractivity contribution in [3.63, 3.8) is 0 Å². The van der Waals surface area contributed by atoms with E-state index in [4.69, 9.17) is 11.6 Å². The van der Waals surface area contributed by atoms with Gasteiger partial charge in [-0.1, -0.05) is 23.7 Å². The summed E-state index contributed by atoms with van der Waals surface area (Å²) in [7, 11) is 1.84. The van der Waals surface area contributed by atoms with Crippen LogP contribution in [0.15, 0.2) is 24.3 Å². The molecule has 0 saturated heterocycles. The second-order valence-corrected chi connectivity index (χ2v) is 4.43. The summed E-state index contributed by atoms with van der Waals surface area (Å²) < 4.78 is 1.73. The summed E-state index contributed by atoms with van der Waals surface area (Å²) >= 11 is 5.84. The van der Waals surface area contributed by atoms with Gasteiger partial charge in [-0.15, -0.1) is 0 Å². The molecule has 0 atom stereocenters. The number of aldehydes is 1. The molecule has 1 aromatic heterocycles. The normalized spacial score (nSPS) is 10.5. The van der Waals surface area contributed by atoms with E-state index in [1.807, 2.05) is 38.2 Å². The van der Waals surface area contributed by atoms with Crippen LogP contribution in [-0.4, -0.2) is 16.1 Å². The van der Waals surface area contributed by atoms with Gasteiger partial charge in [-0.3, -0.25) is 9.48 Å². The highest BCUT2D eigenvalue weighted by Gasteiger charge is 2.12. The molecule has 0 unspecified atom stereocenters. The summed E-state index contributed by atoms with van der Waals surface area (Å²) in [4.78, 5) is 10.9. The van der Waals surface area contributed by atoms with Gasteiger partial charge in [0.15, 0.2) is 6.29 Å². The lowest BCUT2D eigenvalue weighted by molar-refractivity contribution is 0.111. The Hall–Kier alpha value is -1.61. The lowest BCUT2D eigenvalue weighted by Crippen LogP contribution is -1.95. The number of aromatic nitrogens is 2. The maximum absolute atomic E-state index is 10.9. The first-order valence-corrected chi connectivity index (χ1v) is 5.71. The van der Waals surface area contributed by atoms with Crippen LogP contribution in [-0.2, 0) is 13.5 Å². The van der Waals surface area contributed by atoms with Gasteiger partial charge >= 0.3 is 0 Å². The number of rotatable bonds is 3. The molecule has 88 valence electrons. The van der Waals surface area contributed by atoms with Gasteiger partial charge < -0.3 is 0 Å². The average molecular weight is 249 g/mol. The van der Waals surface area contributed by atoms with E-state index in [9.17, 15) is 4.79 Å². The van der Waals surface area contributed by atoms with Crippen LogP contribution in [0.1, 0.15) is 27.3 Å². The number of benzene rings is 1. The zero-order chi connectivity index (χ0) is 12.4. The summed E-state index contributed by atoms with van der Waals surface area (Å²) in [5.74, 6) is 0. The van der Waals surface area contributed by atoms with Crippen molar-refractivity contribution >= 4 is 17.9 Å². The van der Waals surface area contributed by atoms with Crippen LogP contribution in [0.2, 0.25) is 5.02 Å². The van der Waals surface area contributed by atoms with Crippen molar-refractivity contribution in [1.82, 2.24) is 9.78 Å². The van der Waals surface area contributed by atoms with Crippen molar-refractivity contribution in [3.05, 3.63) is 51.8 Å². The van der Waals surface area contributed by atoms with E-state index in [1.165, 1.54) is 0 Å². The lowest BCUT2D eigenvalue weighted by Gasteiger charge is -2.02. The first kappa shape index (κ1) is 11.9. The Kier molecular flexibility index (Phi) is 3.29. The SMILES string of the molecule is Cc1c(Cc2ccc(Cl)cc2)c(C=O)nn1C. The van der Waals surface area contributed by atoms with E-state index in [1.54, 1.807) is 4.68 Å². The zero-order valence-corrected chi connectivity index (χ0v) is 10.5. The minimum absolute atomic E-state index is 0.514. The van der Waals surface area contributed by atoms with Crippen LogP contribution in [0.4, 0.5) is 0 Å². The summed E-state index contributed by atoms with van der Waals surface area (Å²) in [5, 5.41) is 4.88. The molecule has 0 aliphatic heterocycles. The Morgan fingerprint density at radius 1 is 1.35 bits per heavy atom. The summed E-state index contributed by atoms with van der Waals surface area (Å²) in [6.45, 7) is 1.96. The molecule has 0 saturated carbocycles. The predicted octanol–water partition coefficient (Wildman–Crippen LogP) is 2.79. The Balaban J connectivity index is 2.35. The molecule has 0 aliphatic carbocycles. The summed E-state index contributed by atoms with van der Waals surface area (Å²) in [6.07, 6.45) is 1.50. The molecule has 1 heterocycles. The molecular formula is C13H13ClN2O. The van der Waals surface area contributed by atoms with Crippen molar-refractivity contribution < 1.29 is 4.79 Å². The molecule has 17 heavy (non-hydrogen) atoms. The molecule has 4 heteroatoms. The third-order valence-corrected chi connectivity index (χ3v) is 3.15. The molecule has 0 fully saturated rings. The maximum atomic E-state index is 10.9. The molecule has 2 aromatic rings. The van der Waals surface area contributed by atoms with E-state index in [2.05, 4.69) is 5.10 Å². The van der Waals surface area contributed by atoms with Crippen molar-refractivity contribution in [3.8, 4) is 0 Å². The van der Waals surface area contributed by atoms with Crippen LogP contribution in [0, 0.1) is 6.92 Å². The average Bonchev–Trinajstić information content (AvgIpc) is 2.59. The van der Waals surface area contributed by atoms with Gasteiger partial charge in [0.2, 0.25) is 0 Å². The van der Waals surface area contributed by atoms with Crippen LogP contribution in [0.3, 0.4) is 0 Å². The first-order chi connectivity index (χ1) is 8.11. The van der Waals surface area contributed by atoms with Crippen molar-refractivity contribution in [2.45, 2.75) is 13.3 Å². The number of hydrogen-bond acceptors (Lipinski definition) is 2. The smallest absolute Gasteiger partial charge is 0.170 e. The van der Waals surface area contributed by atoms with E-state index in [0.717, 1.165) is 23.1 Å². The predicted molar refractivity (Wildman–Crippen MR) is 67.6 cm³/mol. The second kappa shape index (κ2) is 4.72. The van der Waals surface area contributed by atoms with Gasteiger partial charge in [0, 0.05) is 29.7 Å². The molecular weight excluding hydrogens is 236 g/mol. The fourth-order valence-corrected chi connectivity index (χ4v) is 1.92. The minimum Gasteiger partial charge on any atom is -0.296 e. The first-order valence-electron chi connectivity index (χ1n) is 5.34. The van der Waals surface area contributed by atoms with Crippen LogP contribution >= 0.6 is 11.6 Å².